The van der Waals surface area contributed by atoms with Crippen molar-refractivity contribution >= 4 is 11.9 Å². The van der Waals surface area contributed by atoms with Crippen molar-refractivity contribution < 1.29 is 14.3 Å². The first kappa shape index (κ1) is 14.4. The third kappa shape index (κ3) is 3.48. The molecule has 1 saturated carbocycles. The van der Waals surface area contributed by atoms with Gasteiger partial charge in [-0.3, -0.25) is 9.69 Å². The van der Waals surface area contributed by atoms with Gasteiger partial charge >= 0.3 is 6.09 Å². The lowest BCUT2D eigenvalue weighted by Crippen LogP contribution is -2.44. The van der Waals surface area contributed by atoms with Gasteiger partial charge in [-0.25, -0.2) is 4.79 Å². The van der Waals surface area contributed by atoms with Gasteiger partial charge in [-0.15, -0.1) is 0 Å². The first-order chi connectivity index (χ1) is 8.88. The van der Waals surface area contributed by atoms with Gasteiger partial charge in [0.2, 0.25) is 0 Å². The van der Waals surface area contributed by atoms with E-state index in [9.17, 15) is 9.59 Å². The normalized spacial score (nSPS) is 24.8. The number of hydrogen-bond donors (Lipinski definition) is 0. The third-order valence-corrected chi connectivity index (χ3v) is 3.97. The van der Waals surface area contributed by atoms with Crippen molar-refractivity contribution in [3.05, 3.63) is 0 Å². The number of amides is 1. The van der Waals surface area contributed by atoms with E-state index in [0.717, 1.165) is 38.5 Å². The SMILES string of the molecule is CC(C)(C)OC(=O)N1CCC[C@H]1C(=O)C1CCCC1. The maximum Gasteiger partial charge on any atom is 0.410 e. The Morgan fingerprint density at radius 2 is 1.68 bits per heavy atom. The van der Waals surface area contributed by atoms with Gasteiger partial charge in [-0.1, -0.05) is 12.8 Å². The van der Waals surface area contributed by atoms with Gasteiger partial charge in [-0.2, -0.15) is 0 Å². The molecule has 1 heterocycles. The van der Waals surface area contributed by atoms with Gasteiger partial charge in [0.05, 0.1) is 6.04 Å². The van der Waals surface area contributed by atoms with Crippen LogP contribution in [0.5, 0.6) is 0 Å². The Labute approximate surface area is 115 Å². The monoisotopic (exact) mass is 267 g/mol. The van der Waals surface area contributed by atoms with Crippen LogP contribution in [0, 0.1) is 5.92 Å². The Bertz CT molecular complexity index is 353. The molecule has 0 aromatic carbocycles. The molecular weight excluding hydrogens is 242 g/mol. The minimum Gasteiger partial charge on any atom is -0.444 e. The Morgan fingerprint density at radius 1 is 1.05 bits per heavy atom. The molecule has 0 N–H and O–H groups in total. The van der Waals surface area contributed by atoms with Crippen LogP contribution in [-0.2, 0) is 9.53 Å². The lowest BCUT2D eigenvalue weighted by atomic mass is 9.95. The molecule has 4 heteroatoms. The van der Waals surface area contributed by atoms with Gasteiger partial charge in [-0.05, 0) is 46.5 Å². The molecule has 1 aliphatic heterocycles. The first-order valence-corrected chi connectivity index (χ1v) is 7.42. The molecule has 1 saturated heterocycles. The molecule has 0 bridgehead atoms. The van der Waals surface area contributed by atoms with Crippen LogP contribution in [0.1, 0.15) is 59.3 Å². The van der Waals surface area contributed by atoms with Gasteiger partial charge < -0.3 is 4.74 Å². The molecule has 0 aromatic rings. The fraction of sp³-hybridized carbons (Fsp3) is 0.867. The zero-order valence-electron chi connectivity index (χ0n) is 12.3. The Kier molecular flexibility index (Phi) is 4.16. The van der Waals surface area contributed by atoms with Crippen LogP contribution >= 0.6 is 0 Å². The second-order valence-corrected chi connectivity index (χ2v) is 6.72. The van der Waals surface area contributed by atoms with Crippen LogP contribution in [-0.4, -0.2) is 35.0 Å². The van der Waals surface area contributed by atoms with Crippen molar-refractivity contribution in [3.63, 3.8) is 0 Å². The predicted molar refractivity (Wildman–Crippen MR) is 72.9 cm³/mol. The highest BCUT2D eigenvalue weighted by Gasteiger charge is 2.39. The van der Waals surface area contributed by atoms with E-state index in [2.05, 4.69) is 0 Å². The predicted octanol–water partition coefficient (Wildman–Crippen LogP) is 3.15. The molecule has 0 aromatic heterocycles. The summed E-state index contributed by atoms with van der Waals surface area (Å²) in [6, 6.07) is -0.238. The first-order valence-electron chi connectivity index (χ1n) is 7.42. The summed E-state index contributed by atoms with van der Waals surface area (Å²) in [5.41, 5.74) is -0.499. The number of Topliss-reactive ketones (excluding diaryl/α,β-unsaturated/α-hetero) is 1. The van der Waals surface area contributed by atoms with E-state index in [1.807, 2.05) is 20.8 Å². The Hall–Kier alpha value is -1.06. The van der Waals surface area contributed by atoms with Crippen molar-refractivity contribution in [2.45, 2.75) is 70.9 Å². The van der Waals surface area contributed by atoms with E-state index in [4.69, 9.17) is 4.74 Å². The van der Waals surface area contributed by atoms with E-state index in [0.29, 0.717) is 6.54 Å². The van der Waals surface area contributed by atoms with Crippen molar-refractivity contribution in [2.24, 2.45) is 5.92 Å². The standard InChI is InChI=1S/C15H25NO3/c1-15(2,3)19-14(18)16-10-6-9-12(16)13(17)11-7-4-5-8-11/h11-12H,4-10H2,1-3H3/t12-/m0/s1. The van der Waals surface area contributed by atoms with E-state index in [1.54, 1.807) is 4.90 Å². The van der Waals surface area contributed by atoms with Crippen LogP contribution in [0.15, 0.2) is 0 Å². The number of ketones is 1. The topological polar surface area (TPSA) is 46.6 Å². The molecule has 1 aliphatic carbocycles. The highest BCUT2D eigenvalue weighted by molar-refractivity contribution is 5.90. The minimum atomic E-state index is -0.499. The number of likely N-dealkylation sites (tertiary alicyclic amines) is 1. The fourth-order valence-electron chi connectivity index (χ4n) is 3.08. The van der Waals surface area contributed by atoms with Crippen LogP contribution in [0.2, 0.25) is 0 Å². The summed E-state index contributed by atoms with van der Waals surface area (Å²) in [7, 11) is 0. The van der Waals surface area contributed by atoms with Crippen molar-refractivity contribution in [1.29, 1.82) is 0 Å². The minimum absolute atomic E-state index is 0.174. The summed E-state index contributed by atoms with van der Waals surface area (Å²) < 4.78 is 5.40. The van der Waals surface area contributed by atoms with Crippen molar-refractivity contribution in [3.8, 4) is 0 Å². The number of carbonyl (C=O) groups is 2. The van der Waals surface area contributed by atoms with E-state index < -0.39 is 5.60 Å². The van der Waals surface area contributed by atoms with Crippen LogP contribution in [0.4, 0.5) is 4.79 Å². The molecule has 4 nitrogen and oxygen atoms in total. The average molecular weight is 267 g/mol. The van der Waals surface area contributed by atoms with Crippen LogP contribution in [0.3, 0.4) is 0 Å². The molecule has 0 spiro atoms. The van der Waals surface area contributed by atoms with E-state index in [1.165, 1.54) is 0 Å². The summed E-state index contributed by atoms with van der Waals surface area (Å²) in [6.45, 7) is 6.22. The molecule has 19 heavy (non-hydrogen) atoms. The smallest absolute Gasteiger partial charge is 0.410 e. The highest BCUT2D eigenvalue weighted by atomic mass is 16.6. The molecule has 0 radical (unpaired) electrons. The average Bonchev–Trinajstić information content (AvgIpc) is 2.97. The fourth-order valence-corrected chi connectivity index (χ4v) is 3.08. The maximum atomic E-state index is 12.5. The number of carbonyl (C=O) groups excluding carboxylic acids is 2. The quantitative estimate of drug-likeness (QED) is 0.772. The van der Waals surface area contributed by atoms with Gasteiger partial charge in [0, 0.05) is 12.5 Å². The lowest BCUT2D eigenvalue weighted by Gasteiger charge is -2.29. The second kappa shape index (κ2) is 5.51. The summed E-state index contributed by atoms with van der Waals surface area (Å²) in [4.78, 5) is 26.3. The second-order valence-electron chi connectivity index (χ2n) is 6.72. The molecule has 108 valence electrons. The van der Waals surface area contributed by atoms with Gasteiger partial charge in [0.1, 0.15) is 5.60 Å². The van der Waals surface area contributed by atoms with E-state index >= 15 is 0 Å². The van der Waals surface area contributed by atoms with Crippen LogP contribution in [0.25, 0.3) is 0 Å². The summed E-state index contributed by atoms with van der Waals surface area (Å²) in [5.74, 6) is 0.439. The molecule has 0 unspecified atom stereocenters. The Balaban J connectivity index is 2.00. The molecule has 2 rings (SSSR count). The zero-order chi connectivity index (χ0) is 14.0. The maximum absolute atomic E-state index is 12.5. The van der Waals surface area contributed by atoms with Crippen LogP contribution < -0.4 is 0 Å². The number of hydrogen-bond acceptors (Lipinski definition) is 3. The summed E-state index contributed by atoms with van der Waals surface area (Å²) >= 11 is 0. The lowest BCUT2D eigenvalue weighted by molar-refractivity contribution is -0.127. The third-order valence-electron chi connectivity index (χ3n) is 3.97. The molecule has 2 aliphatic rings. The van der Waals surface area contributed by atoms with Crippen molar-refractivity contribution in [1.82, 2.24) is 4.90 Å². The molecule has 1 amide bonds. The molecular formula is C15H25NO3. The van der Waals surface area contributed by atoms with Crippen molar-refractivity contribution in [2.75, 3.05) is 6.54 Å². The number of nitrogens with zero attached hydrogens (tertiary/aromatic N) is 1. The summed E-state index contributed by atoms with van der Waals surface area (Å²) in [5, 5.41) is 0. The molecule has 1 atom stereocenters. The zero-order valence-corrected chi connectivity index (χ0v) is 12.3. The van der Waals surface area contributed by atoms with E-state index in [-0.39, 0.29) is 23.8 Å². The van der Waals surface area contributed by atoms with Gasteiger partial charge in [0.25, 0.3) is 0 Å². The highest BCUT2D eigenvalue weighted by Crippen LogP contribution is 2.31. The summed E-state index contributed by atoms with van der Waals surface area (Å²) in [6.07, 6.45) is 5.66. The Morgan fingerprint density at radius 3 is 2.26 bits per heavy atom. The number of ether oxygens (including phenoxy) is 1. The molecule has 2 fully saturated rings. The van der Waals surface area contributed by atoms with Gasteiger partial charge in [0.15, 0.2) is 5.78 Å². The largest absolute Gasteiger partial charge is 0.444 e. The number of rotatable bonds is 2.